The van der Waals surface area contributed by atoms with Crippen LogP contribution in [0.15, 0.2) is 76.3 Å². The summed E-state index contributed by atoms with van der Waals surface area (Å²) in [6.45, 7) is 8.48. The van der Waals surface area contributed by atoms with Gasteiger partial charge in [0, 0.05) is 29.9 Å². The van der Waals surface area contributed by atoms with Crippen LogP contribution >= 0.6 is 11.6 Å². The van der Waals surface area contributed by atoms with Crippen molar-refractivity contribution in [2.24, 2.45) is 0 Å². The first-order valence-corrected chi connectivity index (χ1v) is 16.1. The van der Waals surface area contributed by atoms with E-state index in [1.54, 1.807) is 43.5 Å². The largest absolute Gasteiger partial charge is 0.473 e. The number of sulfonamides is 1. The number of nitrogens with zero attached hydrogens (tertiary/aromatic N) is 3. The molecule has 2 heterocycles. The fourth-order valence-electron chi connectivity index (χ4n) is 4.88. The van der Waals surface area contributed by atoms with Gasteiger partial charge in [-0.15, -0.1) is 0 Å². The third-order valence-electron chi connectivity index (χ3n) is 7.68. The summed E-state index contributed by atoms with van der Waals surface area (Å²) in [4.78, 5) is 18.4. The molecule has 4 aromatic rings. The molecule has 0 aliphatic carbocycles. The lowest BCUT2D eigenvalue weighted by atomic mass is 9.89. The molecule has 0 radical (unpaired) electrons. The van der Waals surface area contributed by atoms with Gasteiger partial charge in [0.2, 0.25) is 18.1 Å². The van der Waals surface area contributed by atoms with Crippen LogP contribution in [0.1, 0.15) is 63.3 Å². The van der Waals surface area contributed by atoms with Gasteiger partial charge >= 0.3 is 0 Å². The zero-order valence-electron chi connectivity index (χ0n) is 24.8. The molecule has 1 unspecified atom stereocenters. The highest BCUT2D eigenvalue weighted by molar-refractivity contribution is 7.92. The van der Waals surface area contributed by atoms with Crippen LogP contribution in [-0.2, 0) is 28.0 Å². The van der Waals surface area contributed by atoms with E-state index >= 15 is 0 Å². The quantitative estimate of drug-likeness (QED) is 0.137. The summed E-state index contributed by atoms with van der Waals surface area (Å²) in [5.41, 5.74) is 2.47. The van der Waals surface area contributed by atoms with Gasteiger partial charge in [-0.3, -0.25) is 9.52 Å². The fourth-order valence-corrected chi connectivity index (χ4v) is 6.28. The number of rotatable bonds is 15. The van der Waals surface area contributed by atoms with E-state index in [1.807, 2.05) is 29.2 Å². The number of carbonyl (C=O) groups is 1. The molecule has 11 heteroatoms. The lowest BCUT2D eigenvalue weighted by Gasteiger charge is -2.39. The maximum Gasteiger partial charge on any atom is 0.263 e. The molecule has 43 heavy (non-hydrogen) atoms. The minimum Gasteiger partial charge on any atom is -0.473 e. The van der Waals surface area contributed by atoms with E-state index in [2.05, 4.69) is 35.6 Å². The maximum atomic E-state index is 13.6. The number of benzene rings is 2. The Morgan fingerprint density at radius 3 is 2.51 bits per heavy atom. The Labute approximate surface area is 258 Å². The van der Waals surface area contributed by atoms with Gasteiger partial charge in [-0.25, -0.2) is 13.4 Å². The van der Waals surface area contributed by atoms with Gasteiger partial charge in [0.25, 0.3) is 10.0 Å². The lowest BCUT2D eigenvalue weighted by molar-refractivity contribution is -0.124. The Morgan fingerprint density at radius 2 is 1.86 bits per heavy atom. The molecule has 0 spiro atoms. The molecule has 0 saturated heterocycles. The van der Waals surface area contributed by atoms with E-state index in [9.17, 15) is 13.2 Å². The van der Waals surface area contributed by atoms with Crippen molar-refractivity contribution in [3.05, 3.63) is 88.8 Å². The number of hydrogen-bond donors (Lipinski definition) is 1. The van der Waals surface area contributed by atoms with Crippen LogP contribution in [0.2, 0.25) is 5.02 Å². The van der Waals surface area contributed by atoms with Gasteiger partial charge in [-0.1, -0.05) is 79.8 Å². The Bertz CT molecular complexity index is 1640. The second-order valence-electron chi connectivity index (χ2n) is 10.6. The topological polar surface area (TPSA) is 115 Å². The number of unbranched alkanes of at least 4 members (excludes halogenated alkanes) is 1. The SMILES string of the molecule is CCCCC(C)(CC)N(C=O)Cc1ccc(-c2ccccc2S(=O)(=O)Nc2noc(C)c2Cl)c(COc2ccccn2)c1. The third kappa shape index (κ3) is 7.55. The summed E-state index contributed by atoms with van der Waals surface area (Å²) in [5.74, 6) is 0.652. The first kappa shape index (κ1) is 32.0. The molecule has 1 amide bonds. The molecular weight excluding hydrogens is 588 g/mol. The van der Waals surface area contributed by atoms with Crippen LogP contribution in [0.4, 0.5) is 5.82 Å². The molecule has 1 N–H and O–H groups in total. The molecule has 9 nitrogen and oxygen atoms in total. The number of anilines is 1. The number of pyridine rings is 1. The van der Waals surface area contributed by atoms with E-state index in [-0.39, 0.29) is 27.9 Å². The van der Waals surface area contributed by atoms with Gasteiger partial charge in [0.1, 0.15) is 11.6 Å². The van der Waals surface area contributed by atoms with Crippen LogP contribution in [0.5, 0.6) is 5.88 Å². The molecule has 0 bridgehead atoms. The summed E-state index contributed by atoms with van der Waals surface area (Å²) < 4.78 is 40.7. The standard InChI is InChI=1S/C32H37ClN4O5S/c1-5-7-17-32(4,6-2)37(22-38)20-24-15-16-26(25(19-24)21-41-29-14-10-11-18-34-29)27-12-8-9-13-28(27)43(39,40)36-31-30(33)23(3)42-35-31/h8-16,18-19,22H,5-7,17,20-21H2,1-4H3,(H,35,36). The molecule has 2 aromatic heterocycles. The highest BCUT2D eigenvalue weighted by Crippen LogP contribution is 2.35. The lowest BCUT2D eigenvalue weighted by Crippen LogP contribution is -2.44. The van der Waals surface area contributed by atoms with Gasteiger partial charge in [-0.05, 0) is 61.6 Å². The Morgan fingerprint density at radius 1 is 1.09 bits per heavy atom. The van der Waals surface area contributed by atoms with Crippen molar-refractivity contribution in [1.82, 2.24) is 15.0 Å². The normalized spacial score (nSPS) is 12.9. The number of hydrogen-bond acceptors (Lipinski definition) is 7. The first-order valence-electron chi connectivity index (χ1n) is 14.2. The zero-order chi connectivity index (χ0) is 31.0. The number of carbonyl (C=O) groups excluding carboxylic acids is 1. The van der Waals surface area contributed by atoms with Crippen molar-refractivity contribution in [3.8, 4) is 17.0 Å². The highest BCUT2D eigenvalue weighted by atomic mass is 35.5. The maximum absolute atomic E-state index is 13.6. The molecule has 4 rings (SSSR count). The second kappa shape index (κ2) is 14.1. The second-order valence-corrected chi connectivity index (χ2v) is 12.7. The number of nitrogens with one attached hydrogen (secondary N) is 1. The smallest absolute Gasteiger partial charge is 0.263 e. The Balaban J connectivity index is 1.75. The van der Waals surface area contributed by atoms with Crippen LogP contribution in [0, 0.1) is 6.92 Å². The minimum atomic E-state index is -4.11. The molecule has 2 aromatic carbocycles. The summed E-state index contributed by atoms with van der Waals surface area (Å²) in [6, 6.07) is 17.8. The van der Waals surface area contributed by atoms with Crippen LogP contribution in [0.3, 0.4) is 0 Å². The Kier molecular flexibility index (Phi) is 10.5. The summed E-state index contributed by atoms with van der Waals surface area (Å²) >= 11 is 6.19. The van der Waals surface area contributed by atoms with Gasteiger partial charge in [0.05, 0.1) is 4.90 Å². The van der Waals surface area contributed by atoms with Crippen LogP contribution < -0.4 is 9.46 Å². The molecule has 1 atom stereocenters. The first-order chi connectivity index (χ1) is 20.6. The van der Waals surface area contributed by atoms with Gasteiger partial charge in [-0.2, -0.15) is 0 Å². The van der Waals surface area contributed by atoms with E-state index in [0.29, 0.717) is 29.3 Å². The number of amides is 1. The molecular formula is C32H37ClN4O5S. The number of aryl methyl sites for hydroxylation is 1. The third-order valence-corrected chi connectivity index (χ3v) is 9.52. The van der Waals surface area contributed by atoms with E-state index in [1.165, 1.54) is 6.07 Å². The monoisotopic (exact) mass is 624 g/mol. The fraction of sp³-hybridized carbons (Fsp3) is 0.344. The van der Waals surface area contributed by atoms with E-state index < -0.39 is 10.0 Å². The predicted octanol–water partition coefficient (Wildman–Crippen LogP) is 7.40. The highest BCUT2D eigenvalue weighted by Gasteiger charge is 2.29. The van der Waals surface area contributed by atoms with Crippen molar-refractivity contribution in [1.29, 1.82) is 0 Å². The average molecular weight is 625 g/mol. The minimum absolute atomic E-state index is 0.0335. The molecule has 228 valence electrons. The molecule has 0 aliphatic heterocycles. The van der Waals surface area contributed by atoms with Crippen molar-refractivity contribution >= 4 is 33.9 Å². The van der Waals surface area contributed by atoms with Crippen molar-refractivity contribution in [2.75, 3.05) is 4.72 Å². The summed E-state index contributed by atoms with van der Waals surface area (Å²) in [5, 5.41) is 3.83. The number of halogens is 1. The van der Waals surface area contributed by atoms with Crippen LogP contribution in [0.25, 0.3) is 11.1 Å². The van der Waals surface area contributed by atoms with E-state index in [4.69, 9.17) is 20.9 Å². The summed E-state index contributed by atoms with van der Waals surface area (Å²) in [7, 11) is -4.11. The molecule has 0 aliphatic rings. The van der Waals surface area contributed by atoms with Crippen molar-refractivity contribution in [3.63, 3.8) is 0 Å². The van der Waals surface area contributed by atoms with Crippen LogP contribution in [-0.4, -0.2) is 35.4 Å². The van der Waals surface area contributed by atoms with Gasteiger partial charge < -0.3 is 14.2 Å². The van der Waals surface area contributed by atoms with Crippen molar-refractivity contribution in [2.45, 2.75) is 77.0 Å². The van der Waals surface area contributed by atoms with Crippen molar-refractivity contribution < 1.29 is 22.5 Å². The Hall–Kier alpha value is -3.89. The van der Waals surface area contributed by atoms with Gasteiger partial charge in [0.15, 0.2) is 5.76 Å². The summed E-state index contributed by atoms with van der Waals surface area (Å²) in [6.07, 6.45) is 6.36. The zero-order valence-corrected chi connectivity index (χ0v) is 26.4. The number of ether oxygens (including phenoxy) is 1. The number of aromatic nitrogens is 2. The predicted molar refractivity (Wildman–Crippen MR) is 167 cm³/mol. The molecule has 0 saturated carbocycles. The average Bonchev–Trinajstić information content (AvgIpc) is 3.33. The van der Waals surface area contributed by atoms with E-state index in [0.717, 1.165) is 43.2 Å². The molecule has 0 fully saturated rings.